The molecule has 1 aliphatic carbocycles. The minimum absolute atomic E-state index is 0.0740. The highest BCUT2D eigenvalue weighted by Crippen LogP contribution is 2.47. The van der Waals surface area contributed by atoms with Crippen LogP contribution in [0.25, 0.3) is 33.4 Å². The summed E-state index contributed by atoms with van der Waals surface area (Å²) in [5.41, 5.74) is 20.4. The second-order valence-corrected chi connectivity index (χ2v) is 15.9. The van der Waals surface area contributed by atoms with E-state index in [0.717, 1.165) is 0 Å². The van der Waals surface area contributed by atoms with Gasteiger partial charge in [0.2, 0.25) is 0 Å². The second-order valence-electron chi connectivity index (χ2n) is 15.9. The molecule has 1 saturated carbocycles. The van der Waals surface area contributed by atoms with Gasteiger partial charge in [0, 0.05) is 34.1 Å². The van der Waals surface area contributed by atoms with Gasteiger partial charge in [0.05, 0.1) is 0 Å². The van der Waals surface area contributed by atoms with Gasteiger partial charge in [-0.2, -0.15) is 0 Å². The van der Waals surface area contributed by atoms with Gasteiger partial charge in [-0.3, -0.25) is 0 Å². The minimum Gasteiger partial charge on any atom is -0.311 e. The molecule has 57 heavy (non-hydrogen) atoms. The van der Waals surface area contributed by atoms with Gasteiger partial charge in [-0.1, -0.05) is 165 Å². The summed E-state index contributed by atoms with van der Waals surface area (Å²) < 4.78 is 0. The molecule has 0 spiro atoms. The van der Waals surface area contributed by atoms with E-state index in [1.165, 1.54) is 122 Å². The van der Waals surface area contributed by atoms with Crippen molar-refractivity contribution in [2.75, 3.05) is 9.80 Å². The molecule has 2 heterocycles. The zero-order valence-electron chi connectivity index (χ0n) is 32.1. The van der Waals surface area contributed by atoms with Crippen LogP contribution in [-0.2, 0) is 0 Å². The first-order chi connectivity index (χ1) is 28.3. The molecular formula is C54H43BN2. The maximum absolute atomic E-state index is 2.57. The zero-order chi connectivity index (χ0) is 37.7. The van der Waals surface area contributed by atoms with Gasteiger partial charge in [-0.05, 0) is 123 Å². The Morgan fingerprint density at radius 3 is 1.33 bits per heavy atom. The van der Waals surface area contributed by atoms with E-state index < -0.39 is 0 Å². The van der Waals surface area contributed by atoms with Crippen molar-refractivity contribution in [1.29, 1.82) is 0 Å². The van der Waals surface area contributed by atoms with E-state index in [1.807, 2.05) is 0 Å². The third-order valence-electron chi connectivity index (χ3n) is 12.6. The Morgan fingerprint density at radius 2 is 0.789 bits per heavy atom. The molecule has 0 amide bonds. The SMILES string of the molecule is c1ccc(-c2ccc(N3c4ccccc4B4c5cc(-c6ccccc6)ccc5N(c5ccc(-c6ccccc6)cc5)c5cc(C6CCCCC6)cc3c54)cc2)cc1. The summed E-state index contributed by atoms with van der Waals surface area (Å²) in [4.78, 5) is 5.14. The van der Waals surface area contributed by atoms with Crippen LogP contribution in [-0.4, -0.2) is 6.71 Å². The van der Waals surface area contributed by atoms with Gasteiger partial charge in [0.25, 0.3) is 6.71 Å². The van der Waals surface area contributed by atoms with Crippen LogP contribution >= 0.6 is 0 Å². The number of anilines is 6. The van der Waals surface area contributed by atoms with Gasteiger partial charge in [0.1, 0.15) is 0 Å². The van der Waals surface area contributed by atoms with Crippen LogP contribution in [0.1, 0.15) is 43.6 Å². The van der Waals surface area contributed by atoms with Crippen molar-refractivity contribution >= 4 is 57.2 Å². The Hall–Kier alpha value is -6.58. The molecule has 2 aliphatic heterocycles. The summed E-state index contributed by atoms with van der Waals surface area (Å²) in [5, 5.41) is 0. The second kappa shape index (κ2) is 14.2. The monoisotopic (exact) mass is 730 g/mol. The van der Waals surface area contributed by atoms with Crippen LogP contribution in [0.5, 0.6) is 0 Å². The topological polar surface area (TPSA) is 6.48 Å². The summed E-state index contributed by atoms with van der Waals surface area (Å²) in [5.74, 6) is 0.544. The lowest BCUT2D eigenvalue weighted by atomic mass is 9.33. The summed E-state index contributed by atoms with van der Waals surface area (Å²) in [6, 6.07) is 72.3. The standard InChI is InChI=1S/C54H43BN2/c1-5-15-38(16-6-1)42-25-30-46(31-26-42)56-50-24-14-13-23-48(50)55-49-35-44(40-19-9-3-10-20-40)29-34-51(49)57(47-32-27-43(28-33-47)39-17-7-2-8-18-39)53-37-45(36-52(56)54(53)55)41-21-11-4-12-22-41/h1-3,5-10,13-20,23-37,41H,4,11-12,21-22H2. The first-order valence-corrected chi connectivity index (χ1v) is 20.7. The smallest absolute Gasteiger partial charge is 0.252 e. The fraction of sp³-hybridized carbons (Fsp3) is 0.111. The van der Waals surface area contributed by atoms with Gasteiger partial charge in [-0.15, -0.1) is 0 Å². The predicted molar refractivity (Wildman–Crippen MR) is 243 cm³/mol. The molecule has 3 heteroatoms. The zero-order valence-corrected chi connectivity index (χ0v) is 32.1. The number of nitrogens with zero attached hydrogens (tertiary/aromatic N) is 2. The fourth-order valence-corrected chi connectivity index (χ4v) is 9.88. The summed E-state index contributed by atoms with van der Waals surface area (Å²) >= 11 is 0. The number of fused-ring (bicyclic) bond motifs is 4. The molecule has 0 radical (unpaired) electrons. The van der Waals surface area contributed by atoms with E-state index in [2.05, 4.69) is 204 Å². The van der Waals surface area contributed by atoms with Crippen LogP contribution in [0.2, 0.25) is 0 Å². The highest BCUT2D eigenvalue weighted by Gasteiger charge is 2.44. The minimum atomic E-state index is 0.0740. The number of rotatable bonds is 6. The van der Waals surface area contributed by atoms with Crippen LogP contribution in [0.3, 0.4) is 0 Å². The van der Waals surface area contributed by atoms with Crippen LogP contribution in [0.15, 0.2) is 194 Å². The quantitative estimate of drug-likeness (QED) is 0.157. The molecule has 3 aliphatic rings. The first kappa shape index (κ1) is 33.7. The van der Waals surface area contributed by atoms with E-state index in [-0.39, 0.29) is 6.71 Å². The van der Waals surface area contributed by atoms with E-state index in [0.29, 0.717) is 5.92 Å². The largest absolute Gasteiger partial charge is 0.311 e. The molecule has 272 valence electrons. The predicted octanol–water partition coefficient (Wildman–Crippen LogP) is 12.8. The fourth-order valence-electron chi connectivity index (χ4n) is 9.88. The van der Waals surface area contributed by atoms with Crippen molar-refractivity contribution in [3.05, 3.63) is 200 Å². The molecule has 0 atom stereocenters. The number of hydrogen-bond donors (Lipinski definition) is 0. The molecular weight excluding hydrogens is 687 g/mol. The molecule has 0 aromatic heterocycles. The summed E-state index contributed by atoms with van der Waals surface area (Å²) in [7, 11) is 0. The van der Waals surface area contributed by atoms with E-state index in [9.17, 15) is 0 Å². The van der Waals surface area contributed by atoms with Gasteiger partial charge < -0.3 is 9.80 Å². The Bertz CT molecular complexity index is 2680. The van der Waals surface area contributed by atoms with E-state index in [4.69, 9.17) is 0 Å². The molecule has 1 fully saturated rings. The Balaban J connectivity index is 1.16. The average molecular weight is 731 g/mol. The Labute approximate surface area is 336 Å². The van der Waals surface area contributed by atoms with Gasteiger partial charge in [-0.25, -0.2) is 0 Å². The summed E-state index contributed by atoms with van der Waals surface area (Å²) in [6.07, 6.45) is 6.41. The van der Waals surface area contributed by atoms with Crippen LogP contribution < -0.4 is 26.2 Å². The van der Waals surface area contributed by atoms with Crippen molar-refractivity contribution in [2.45, 2.75) is 38.0 Å². The van der Waals surface area contributed by atoms with Crippen molar-refractivity contribution in [1.82, 2.24) is 0 Å². The van der Waals surface area contributed by atoms with Crippen molar-refractivity contribution in [3.8, 4) is 33.4 Å². The number of benzene rings is 8. The van der Waals surface area contributed by atoms with Gasteiger partial charge in [0.15, 0.2) is 0 Å². The van der Waals surface area contributed by atoms with Crippen molar-refractivity contribution in [2.24, 2.45) is 0 Å². The number of hydrogen-bond acceptors (Lipinski definition) is 2. The summed E-state index contributed by atoms with van der Waals surface area (Å²) in [6.45, 7) is 0.0740. The normalized spacial score (nSPS) is 14.5. The molecule has 8 aromatic carbocycles. The van der Waals surface area contributed by atoms with E-state index in [1.54, 1.807) is 0 Å². The molecule has 0 saturated heterocycles. The lowest BCUT2D eigenvalue weighted by molar-refractivity contribution is 0.444. The van der Waals surface area contributed by atoms with Crippen molar-refractivity contribution in [3.63, 3.8) is 0 Å². The molecule has 11 rings (SSSR count). The third-order valence-corrected chi connectivity index (χ3v) is 12.6. The van der Waals surface area contributed by atoms with Gasteiger partial charge >= 0.3 is 0 Å². The molecule has 0 bridgehead atoms. The lowest BCUT2D eigenvalue weighted by Gasteiger charge is -2.45. The molecule has 8 aromatic rings. The Kier molecular flexibility index (Phi) is 8.39. The molecule has 0 N–H and O–H groups in total. The molecule has 0 unspecified atom stereocenters. The van der Waals surface area contributed by atoms with E-state index >= 15 is 0 Å². The molecule has 2 nitrogen and oxygen atoms in total. The maximum Gasteiger partial charge on any atom is 0.252 e. The number of para-hydroxylation sites is 1. The van der Waals surface area contributed by atoms with Crippen LogP contribution in [0.4, 0.5) is 34.1 Å². The highest BCUT2D eigenvalue weighted by molar-refractivity contribution is 7.00. The Morgan fingerprint density at radius 1 is 0.351 bits per heavy atom. The highest BCUT2D eigenvalue weighted by atomic mass is 15.2. The average Bonchev–Trinajstić information content (AvgIpc) is 3.30. The lowest BCUT2D eigenvalue weighted by Crippen LogP contribution is -2.61. The first-order valence-electron chi connectivity index (χ1n) is 20.7. The van der Waals surface area contributed by atoms with Crippen LogP contribution in [0, 0.1) is 0 Å². The third kappa shape index (κ3) is 5.89. The maximum atomic E-state index is 2.57. The van der Waals surface area contributed by atoms with Crippen molar-refractivity contribution < 1.29 is 0 Å².